The highest BCUT2D eigenvalue weighted by Gasteiger charge is 2.22. The quantitative estimate of drug-likeness (QED) is 0.501. The van der Waals surface area contributed by atoms with Crippen LogP contribution in [0.5, 0.6) is 5.75 Å². The molecule has 0 N–H and O–H groups in total. The van der Waals surface area contributed by atoms with Gasteiger partial charge in [-0.3, -0.25) is 4.79 Å². The summed E-state index contributed by atoms with van der Waals surface area (Å²) < 4.78 is 6.01. The Morgan fingerprint density at radius 2 is 1.89 bits per heavy atom. The molecular formula is C21H18Cl2N2O2S. The van der Waals surface area contributed by atoms with E-state index in [-0.39, 0.29) is 5.91 Å². The van der Waals surface area contributed by atoms with Crippen molar-refractivity contribution >= 4 is 40.4 Å². The summed E-state index contributed by atoms with van der Waals surface area (Å²) in [7, 11) is 0. The second-order valence-corrected chi connectivity index (χ2v) is 8.24. The molecule has 1 amide bonds. The van der Waals surface area contributed by atoms with Crippen LogP contribution in [0.3, 0.4) is 0 Å². The summed E-state index contributed by atoms with van der Waals surface area (Å²) in [5.41, 5.74) is 2.29. The molecule has 28 heavy (non-hydrogen) atoms. The second-order valence-electron chi connectivity index (χ2n) is 6.57. The number of amides is 1. The van der Waals surface area contributed by atoms with E-state index in [1.54, 1.807) is 12.1 Å². The van der Waals surface area contributed by atoms with Gasteiger partial charge < -0.3 is 9.64 Å². The summed E-state index contributed by atoms with van der Waals surface area (Å²) in [5.74, 6) is 0.720. The van der Waals surface area contributed by atoms with Gasteiger partial charge in [0.1, 0.15) is 23.1 Å². The molecule has 0 atom stereocenters. The minimum absolute atomic E-state index is 0.00852. The zero-order chi connectivity index (χ0) is 19.5. The van der Waals surface area contributed by atoms with Crippen LogP contribution >= 0.6 is 34.5 Å². The maximum Gasteiger partial charge on any atom is 0.273 e. The van der Waals surface area contributed by atoms with Gasteiger partial charge in [-0.1, -0.05) is 41.4 Å². The van der Waals surface area contributed by atoms with Gasteiger partial charge in [-0.15, -0.1) is 11.3 Å². The van der Waals surface area contributed by atoms with Crippen LogP contribution in [0.15, 0.2) is 47.8 Å². The highest BCUT2D eigenvalue weighted by Crippen LogP contribution is 2.33. The number of rotatable bonds is 5. The van der Waals surface area contributed by atoms with Crippen molar-refractivity contribution in [2.24, 2.45) is 0 Å². The highest BCUT2D eigenvalue weighted by atomic mass is 35.5. The number of halogens is 2. The van der Waals surface area contributed by atoms with Gasteiger partial charge in [-0.25, -0.2) is 4.98 Å². The molecule has 7 heteroatoms. The van der Waals surface area contributed by atoms with E-state index in [9.17, 15) is 4.79 Å². The molecular weight excluding hydrogens is 415 g/mol. The molecule has 4 rings (SSSR count). The van der Waals surface area contributed by atoms with E-state index in [4.69, 9.17) is 27.9 Å². The molecule has 0 radical (unpaired) electrons. The van der Waals surface area contributed by atoms with Crippen LogP contribution in [0.2, 0.25) is 10.0 Å². The number of benzene rings is 2. The van der Waals surface area contributed by atoms with Crippen LogP contribution in [0.4, 0.5) is 0 Å². The van der Waals surface area contributed by atoms with Crippen LogP contribution in [0, 0.1) is 0 Å². The van der Waals surface area contributed by atoms with E-state index >= 15 is 0 Å². The summed E-state index contributed by atoms with van der Waals surface area (Å²) in [6, 6.07) is 13.1. The van der Waals surface area contributed by atoms with Gasteiger partial charge in [-0.05, 0) is 42.7 Å². The maximum atomic E-state index is 12.6. The van der Waals surface area contributed by atoms with Crippen LogP contribution < -0.4 is 4.74 Å². The highest BCUT2D eigenvalue weighted by molar-refractivity contribution is 7.13. The van der Waals surface area contributed by atoms with E-state index in [1.165, 1.54) is 11.3 Å². The van der Waals surface area contributed by atoms with E-state index in [1.807, 2.05) is 40.6 Å². The van der Waals surface area contributed by atoms with E-state index < -0.39 is 0 Å². The molecule has 3 aromatic rings. The monoisotopic (exact) mass is 432 g/mol. The van der Waals surface area contributed by atoms with Crippen molar-refractivity contribution in [3.63, 3.8) is 0 Å². The summed E-state index contributed by atoms with van der Waals surface area (Å²) in [6.07, 6.45) is 2.13. The summed E-state index contributed by atoms with van der Waals surface area (Å²) >= 11 is 13.5. The van der Waals surface area contributed by atoms with Crippen molar-refractivity contribution in [3.05, 3.63) is 69.1 Å². The predicted molar refractivity (Wildman–Crippen MR) is 113 cm³/mol. The summed E-state index contributed by atoms with van der Waals surface area (Å²) in [6.45, 7) is 1.99. The van der Waals surface area contributed by atoms with Crippen molar-refractivity contribution in [1.29, 1.82) is 0 Å². The van der Waals surface area contributed by atoms with Gasteiger partial charge in [0, 0.05) is 18.5 Å². The Hall–Kier alpha value is -2.08. The van der Waals surface area contributed by atoms with Crippen molar-refractivity contribution in [2.75, 3.05) is 13.1 Å². The maximum absolute atomic E-state index is 12.6. The molecule has 1 aromatic heterocycles. The standard InChI is InChI=1S/C21H18Cl2N2O2S/c22-16-8-7-14(11-17(16)23)12-27-19-6-2-1-5-15(19)20-24-18(13-28-20)21(26)25-9-3-4-10-25/h1-2,5-8,11,13H,3-4,9-10,12H2. The van der Waals surface area contributed by atoms with Crippen molar-refractivity contribution in [3.8, 4) is 16.3 Å². The topological polar surface area (TPSA) is 42.4 Å². The lowest BCUT2D eigenvalue weighted by atomic mass is 10.2. The Labute approximate surface area is 177 Å². The largest absolute Gasteiger partial charge is 0.488 e. The number of likely N-dealkylation sites (tertiary alicyclic amines) is 1. The number of hydrogen-bond acceptors (Lipinski definition) is 4. The Balaban J connectivity index is 1.53. The second kappa shape index (κ2) is 8.52. The number of ether oxygens (including phenoxy) is 1. The molecule has 2 aromatic carbocycles. The Bertz CT molecular complexity index is 1000. The molecule has 1 saturated heterocycles. The molecule has 144 valence electrons. The van der Waals surface area contributed by atoms with Crippen LogP contribution in [0.1, 0.15) is 28.9 Å². The Morgan fingerprint density at radius 3 is 2.68 bits per heavy atom. The molecule has 0 aliphatic carbocycles. The first-order chi connectivity index (χ1) is 13.6. The predicted octanol–water partition coefficient (Wildman–Crippen LogP) is 5.93. The van der Waals surface area contributed by atoms with E-state index in [0.29, 0.717) is 28.1 Å². The lowest BCUT2D eigenvalue weighted by Crippen LogP contribution is -2.27. The Kier molecular flexibility index (Phi) is 5.85. The summed E-state index contributed by atoms with van der Waals surface area (Å²) in [5, 5.41) is 3.61. The normalized spacial score (nSPS) is 13.7. The molecule has 1 aliphatic heterocycles. The van der Waals surface area contributed by atoms with Gasteiger partial charge in [0.2, 0.25) is 0 Å². The SMILES string of the molecule is O=C(c1csc(-c2ccccc2OCc2ccc(Cl)c(Cl)c2)n1)N1CCCC1. The van der Waals surface area contributed by atoms with Gasteiger partial charge in [-0.2, -0.15) is 0 Å². The molecule has 0 spiro atoms. The first-order valence-corrected chi connectivity index (χ1v) is 10.7. The van der Waals surface area contributed by atoms with Crippen molar-refractivity contribution in [1.82, 2.24) is 9.88 Å². The molecule has 2 heterocycles. The number of aromatic nitrogens is 1. The zero-order valence-corrected chi connectivity index (χ0v) is 17.4. The van der Waals surface area contributed by atoms with Crippen LogP contribution in [-0.2, 0) is 6.61 Å². The molecule has 0 saturated carbocycles. The minimum atomic E-state index is 0.00852. The number of carbonyl (C=O) groups excluding carboxylic acids is 1. The zero-order valence-electron chi connectivity index (χ0n) is 15.0. The van der Waals surface area contributed by atoms with E-state index in [2.05, 4.69) is 4.98 Å². The lowest BCUT2D eigenvalue weighted by Gasteiger charge is -2.13. The first-order valence-electron chi connectivity index (χ1n) is 9.03. The third-order valence-electron chi connectivity index (χ3n) is 4.61. The summed E-state index contributed by atoms with van der Waals surface area (Å²) in [4.78, 5) is 19.0. The molecule has 0 bridgehead atoms. The average Bonchev–Trinajstić information content (AvgIpc) is 3.41. The fourth-order valence-corrected chi connectivity index (χ4v) is 4.28. The number of nitrogens with zero attached hydrogens (tertiary/aromatic N) is 2. The number of para-hydroxylation sites is 1. The molecule has 1 fully saturated rings. The van der Waals surface area contributed by atoms with Gasteiger partial charge in [0.15, 0.2) is 0 Å². The fourth-order valence-electron chi connectivity index (χ4n) is 3.14. The lowest BCUT2D eigenvalue weighted by molar-refractivity contribution is 0.0788. The van der Waals surface area contributed by atoms with Gasteiger partial charge >= 0.3 is 0 Å². The molecule has 0 unspecified atom stereocenters. The van der Waals surface area contributed by atoms with Crippen molar-refractivity contribution in [2.45, 2.75) is 19.4 Å². The average molecular weight is 433 g/mol. The number of hydrogen-bond donors (Lipinski definition) is 0. The number of carbonyl (C=O) groups is 1. The minimum Gasteiger partial charge on any atom is -0.488 e. The van der Waals surface area contributed by atoms with Gasteiger partial charge in [0.25, 0.3) is 5.91 Å². The fraction of sp³-hybridized carbons (Fsp3) is 0.238. The molecule has 1 aliphatic rings. The Morgan fingerprint density at radius 1 is 1.11 bits per heavy atom. The van der Waals surface area contributed by atoms with E-state index in [0.717, 1.165) is 42.1 Å². The number of thiazole rings is 1. The van der Waals surface area contributed by atoms with Crippen LogP contribution in [0.25, 0.3) is 10.6 Å². The van der Waals surface area contributed by atoms with Gasteiger partial charge in [0.05, 0.1) is 15.6 Å². The smallest absolute Gasteiger partial charge is 0.273 e. The third-order valence-corrected chi connectivity index (χ3v) is 6.23. The first kappa shape index (κ1) is 19.2. The van der Waals surface area contributed by atoms with Crippen molar-refractivity contribution < 1.29 is 9.53 Å². The third kappa shape index (κ3) is 4.17. The van der Waals surface area contributed by atoms with Crippen LogP contribution in [-0.4, -0.2) is 28.9 Å². The molecule has 4 nitrogen and oxygen atoms in total.